The number of aryl methyl sites for hydroxylation is 1. The molecule has 0 saturated carbocycles. The summed E-state index contributed by atoms with van der Waals surface area (Å²) >= 11 is 0. The van der Waals surface area contributed by atoms with Gasteiger partial charge in [-0.25, -0.2) is 0 Å². The van der Waals surface area contributed by atoms with Gasteiger partial charge in [0.25, 0.3) is 5.52 Å². The normalized spacial score (nSPS) is 10.9. The van der Waals surface area contributed by atoms with Crippen molar-refractivity contribution in [2.24, 2.45) is 0 Å². The highest BCUT2D eigenvalue weighted by Crippen LogP contribution is 2.25. The number of aromatic nitrogens is 1. The zero-order valence-corrected chi connectivity index (χ0v) is 9.38. The minimum absolute atomic E-state index is 0.573. The molecule has 84 valence electrons. The highest BCUT2D eigenvalue weighted by Gasteiger charge is 2.13. The lowest BCUT2D eigenvalue weighted by Crippen LogP contribution is -2.29. The van der Waals surface area contributed by atoms with Crippen molar-refractivity contribution in [3.05, 3.63) is 59.4 Å². The lowest BCUT2D eigenvalue weighted by Gasteiger charge is -1.98. The molecule has 3 aromatic rings. The standard InChI is InChI=1S/C14H11NO2/c1-10-7-8-13-12(15(10)16)9-14(17-13)11-5-3-2-4-6-11/h2-9H,1H3. The van der Waals surface area contributed by atoms with Gasteiger partial charge in [0.2, 0.25) is 0 Å². The molecule has 3 nitrogen and oxygen atoms in total. The Balaban J connectivity index is 2.24. The number of rotatable bonds is 1. The molecular formula is C14H11NO2. The van der Waals surface area contributed by atoms with E-state index in [2.05, 4.69) is 0 Å². The topological polar surface area (TPSA) is 40.1 Å². The third-order valence-electron chi connectivity index (χ3n) is 2.81. The van der Waals surface area contributed by atoms with Crippen molar-refractivity contribution in [1.29, 1.82) is 0 Å². The fourth-order valence-electron chi connectivity index (χ4n) is 1.87. The van der Waals surface area contributed by atoms with Crippen LogP contribution in [0.4, 0.5) is 0 Å². The van der Waals surface area contributed by atoms with E-state index in [9.17, 15) is 5.21 Å². The van der Waals surface area contributed by atoms with Crippen LogP contribution in [0.2, 0.25) is 0 Å². The Kier molecular flexibility index (Phi) is 2.11. The van der Waals surface area contributed by atoms with E-state index in [1.165, 1.54) is 0 Å². The molecule has 0 atom stereocenters. The first kappa shape index (κ1) is 9.90. The van der Waals surface area contributed by atoms with Gasteiger partial charge >= 0.3 is 0 Å². The summed E-state index contributed by atoms with van der Waals surface area (Å²) < 4.78 is 6.56. The number of hydrogen-bond donors (Lipinski definition) is 0. The maximum atomic E-state index is 11.8. The minimum Gasteiger partial charge on any atom is -0.618 e. The molecule has 0 spiro atoms. The van der Waals surface area contributed by atoms with Crippen molar-refractivity contribution in [2.45, 2.75) is 6.92 Å². The smallest absolute Gasteiger partial charge is 0.263 e. The Bertz CT molecular complexity index is 671. The monoisotopic (exact) mass is 225 g/mol. The zero-order chi connectivity index (χ0) is 11.8. The molecule has 2 heterocycles. The minimum atomic E-state index is 0.573. The third-order valence-corrected chi connectivity index (χ3v) is 2.81. The van der Waals surface area contributed by atoms with Crippen LogP contribution in [0, 0.1) is 12.1 Å². The molecule has 3 heteroatoms. The van der Waals surface area contributed by atoms with Gasteiger partial charge in [-0.15, -0.1) is 0 Å². The lowest BCUT2D eigenvalue weighted by atomic mass is 10.2. The summed E-state index contributed by atoms with van der Waals surface area (Å²) in [5.41, 5.74) is 2.83. The highest BCUT2D eigenvalue weighted by molar-refractivity contribution is 5.76. The van der Waals surface area contributed by atoms with Crippen molar-refractivity contribution >= 4 is 11.1 Å². The zero-order valence-electron chi connectivity index (χ0n) is 9.38. The molecule has 0 unspecified atom stereocenters. The van der Waals surface area contributed by atoms with Crippen LogP contribution in [0.1, 0.15) is 5.69 Å². The lowest BCUT2D eigenvalue weighted by molar-refractivity contribution is -0.584. The Morgan fingerprint density at radius 1 is 1.06 bits per heavy atom. The van der Waals surface area contributed by atoms with Gasteiger partial charge in [0.1, 0.15) is 5.76 Å². The molecular weight excluding hydrogens is 214 g/mol. The van der Waals surface area contributed by atoms with E-state index >= 15 is 0 Å². The van der Waals surface area contributed by atoms with Crippen LogP contribution in [-0.2, 0) is 0 Å². The molecule has 0 aliphatic carbocycles. The first-order chi connectivity index (χ1) is 8.25. The van der Waals surface area contributed by atoms with Crippen LogP contribution >= 0.6 is 0 Å². The van der Waals surface area contributed by atoms with E-state index in [1.54, 1.807) is 19.1 Å². The molecule has 0 saturated heterocycles. The first-order valence-electron chi connectivity index (χ1n) is 5.44. The van der Waals surface area contributed by atoms with E-state index in [0.717, 1.165) is 16.1 Å². The number of furan rings is 1. The number of hydrogen-bond acceptors (Lipinski definition) is 2. The fourth-order valence-corrected chi connectivity index (χ4v) is 1.87. The average molecular weight is 225 g/mol. The molecule has 3 rings (SSSR count). The van der Waals surface area contributed by atoms with Crippen LogP contribution in [0.15, 0.2) is 52.9 Å². The molecule has 2 aromatic heterocycles. The number of nitrogens with zero attached hydrogens (tertiary/aromatic N) is 1. The molecule has 17 heavy (non-hydrogen) atoms. The van der Waals surface area contributed by atoms with Crippen LogP contribution in [0.5, 0.6) is 0 Å². The summed E-state index contributed by atoms with van der Waals surface area (Å²) in [6, 6.07) is 15.1. The fraction of sp³-hybridized carbons (Fsp3) is 0.0714. The van der Waals surface area contributed by atoms with E-state index in [0.29, 0.717) is 16.8 Å². The Hall–Kier alpha value is -2.29. The Morgan fingerprint density at radius 3 is 2.59 bits per heavy atom. The molecule has 0 amide bonds. The molecule has 0 radical (unpaired) electrons. The molecule has 0 fully saturated rings. The second-order valence-corrected chi connectivity index (χ2v) is 4.00. The summed E-state index contributed by atoms with van der Waals surface area (Å²) in [5.74, 6) is 0.718. The van der Waals surface area contributed by atoms with Crippen LogP contribution in [-0.4, -0.2) is 0 Å². The molecule has 0 bridgehead atoms. The van der Waals surface area contributed by atoms with Crippen molar-refractivity contribution < 1.29 is 9.15 Å². The molecule has 0 aliphatic heterocycles. The third kappa shape index (κ3) is 1.56. The molecule has 1 aromatic carbocycles. The largest absolute Gasteiger partial charge is 0.618 e. The SMILES string of the molecule is Cc1ccc2oc(-c3ccccc3)cc2[n+]1[O-]. The Labute approximate surface area is 98.5 Å². The van der Waals surface area contributed by atoms with Crippen LogP contribution in [0.25, 0.3) is 22.4 Å². The van der Waals surface area contributed by atoms with E-state index in [-0.39, 0.29) is 0 Å². The van der Waals surface area contributed by atoms with Crippen molar-refractivity contribution in [2.75, 3.05) is 0 Å². The van der Waals surface area contributed by atoms with Crippen molar-refractivity contribution in [3.8, 4) is 11.3 Å². The van der Waals surface area contributed by atoms with Gasteiger partial charge in [-0.3, -0.25) is 0 Å². The maximum Gasteiger partial charge on any atom is 0.263 e. The quantitative estimate of drug-likeness (QED) is 0.471. The average Bonchev–Trinajstić information content (AvgIpc) is 2.80. The van der Waals surface area contributed by atoms with Gasteiger partial charge in [0.15, 0.2) is 11.3 Å². The summed E-state index contributed by atoms with van der Waals surface area (Å²) in [5, 5.41) is 11.8. The molecule has 0 N–H and O–H groups in total. The van der Waals surface area contributed by atoms with E-state index in [1.807, 2.05) is 36.4 Å². The van der Waals surface area contributed by atoms with Gasteiger partial charge in [-0.05, 0) is 6.07 Å². The second-order valence-electron chi connectivity index (χ2n) is 4.00. The summed E-state index contributed by atoms with van der Waals surface area (Å²) in [4.78, 5) is 0. The first-order valence-corrected chi connectivity index (χ1v) is 5.44. The summed E-state index contributed by atoms with van der Waals surface area (Å²) in [6.07, 6.45) is 0. The van der Waals surface area contributed by atoms with Crippen molar-refractivity contribution in [3.63, 3.8) is 0 Å². The predicted octanol–water partition coefficient (Wildman–Crippen LogP) is 3.04. The summed E-state index contributed by atoms with van der Waals surface area (Å²) in [6.45, 7) is 1.78. The van der Waals surface area contributed by atoms with Gasteiger partial charge in [-0.2, -0.15) is 4.73 Å². The number of fused-ring (bicyclic) bond motifs is 1. The van der Waals surface area contributed by atoms with Gasteiger partial charge in [0, 0.05) is 18.6 Å². The highest BCUT2D eigenvalue weighted by atomic mass is 16.5. The molecule has 0 aliphatic rings. The van der Waals surface area contributed by atoms with E-state index in [4.69, 9.17) is 4.42 Å². The second kappa shape index (κ2) is 3.63. The summed E-state index contributed by atoms with van der Waals surface area (Å²) in [7, 11) is 0. The van der Waals surface area contributed by atoms with E-state index < -0.39 is 0 Å². The number of pyridine rings is 1. The van der Waals surface area contributed by atoms with Crippen molar-refractivity contribution in [1.82, 2.24) is 0 Å². The van der Waals surface area contributed by atoms with Gasteiger partial charge < -0.3 is 9.62 Å². The maximum absolute atomic E-state index is 11.8. The van der Waals surface area contributed by atoms with Crippen LogP contribution in [0.3, 0.4) is 0 Å². The van der Waals surface area contributed by atoms with Gasteiger partial charge in [0.05, 0.1) is 6.07 Å². The van der Waals surface area contributed by atoms with Crippen LogP contribution < -0.4 is 4.73 Å². The van der Waals surface area contributed by atoms with Gasteiger partial charge in [-0.1, -0.05) is 30.3 Å². The predicted molar refractivity (Wildman–Crippen MR) is 65.3 cm³/mol. The number of benzene rings is 1. The Morgan fingerprint density at radius 2 is 1.82 bits per heavy atom.